The van der Waals surface area contributed by atoms with Crippen LogP contribution in [0.3, 0.4) is 0 Å². The molecule has 2 N–H and O–H groups in total. The molecule has 1 aromatic carbocycles. The Morgan fingerprint density at radius 3 is 2.78 bits per heavy atom. The fourth-order valence-corrected chi connectivity index (χ4v) is 1.63. The monoisotopic (exact) mass is 248 g/mol. The van der Waals surface area contributed by atoms with E-state index in [0.29, 0.717) is 5.82 Å². The van der Waals surface area contributed by atoms with E-state index in [1.54, 1.807) is 37.1 Å². The van der Waals surface area contributed by atoms with E-state index in [1.807, 2.05) is 0 Å². The van der Waals surface area contributed by atoms with E-state index < -0.39 is 11.7 Å². The Hall–Kier alpha value is -2.37. The molecular formula is C12H13FN4O. The lowest BCUT2D eigenvalue weighted by Crippen LogP contribution is -2.15. The lowest BCUT2D eigenvalue weighted by Gasteiger charge is -2.09. The number of carbonyl (C=O) groups excluding carboxylic acids is 1. The van der Waals surface area contributed by atoms with Crippen LogP contribution >= 0.6 is 0 Å². The number of carbonyl (C=O) groups is 1. The van der Waals surface area contributed by atoms with Gasteiger partial charge in [-0.05, 0) is 12.1 Å². The van der Waals surface area contributed by atoms with Gasteiger partial charge in [-0.3, -0.25) is 9.48 Å². The molecule has 94 valence electrons. The maximum atomic E-state index is 13.5. The zero-order chi connectivity index (χ0) is 13.1. The van der Waals surface area contributed by atoms with Crippen molar-refractivity contribution in [2.45, 2.75) is 0 Å². The molecule has 18 heavy (non-hydrogen) atoms. The van der Waals surface area contributed by atoms with Crippen LogP contribution < -0.4 is 10.6 Å². The van der Waals surface area contributed by atoms with E-state index >= 15 is 0 Å². The number of nitrogens with zero attached hydrogens (tertiary/aromatic N) is 2. The maximum absolute atomic E-state index is 13.5. The molecule has 1 aromatic heterocycles. The molecule has 1 heterocycles. The third-order valence-electron chi connectivity index (χ3n) is 2.46. The van der Waals surface area contributed by atoms with Crippen molar-refractivity contribution in [2.24, 2.45) is 7.05 Å². The molecule has 0 bridgehead atoms. The molecule has 0 aliphatic rings. The molecule has 0 spiro atoms. The smallest absolute Gasteiger partial charge is 0.259 e. The van der Waals surface area contributed by atoms with Crippen LogP contribution in [0.15, 0.2) is 30.5 Å². The molecule has 6 heteroatoms. The average Bonchev–Trinajstić information content (AvgIpc) is 2.74. The molecular weight excluding hydrogens is 235 g/mol. The van der Waals surface area contributed by atoms with Crippen LogP contribution in [0.2, 0.25) is 0 Å². The molecule has 1 amide bonds. The Labute approximate surface area is 104 Å². The van der Waals surface area contributed by atoms with Crippen molar-refractivity contribution in [2.75, 3.05) is 17.7 Å². The zero-order valence-corrected chi connectivity index (χ0v) is 10.1. The fourth-order valence-electron chi connectivity index (χ4n) is 1.63. The first-order valence-corrected chi connectivity index (χ1v) is 5.39. The van der Waals surface area contributed by atoms with E-state index in [9.17, 15) is 9.18 Å². The molecule has 0 aliphatic heterocycles. The Morgan fingerprint density at radius 1 is 1.39 bits per heavy atom. The number of nitrogens with one attached hydrogen (secondary N) is 2. The summed E-state index contributed by atoms with van der Waals surface area (Å²) in [6.07, 6.45) is 1.71. The molecule has 0 saturated heterocycles. The second kappa shape index (κ2) is 4.87. The van der Waals surface area contributed by atoms with E-state index in [1.165, 1.54) is 12.1 Å². The van der Waals surface area contributed by atoms with Crippen LogP contribution in [0.5, 0.6) is 0 Å². The van der Waals surface area contributed by atoms with Crippen molar-refractivity contribution in [3.63, 3.8) is 0 Å². The van der Waals surface area contributed by atoms with Gasteiger partial charge in [0.1, 0.15) is 5.82 Å². The summed E-state index contributed by atoms with van der Waals surface area (Å²) in [7, 11) is 3.31. The Bertz CT molecular complexity index is 579. The molecule has 0 fully saturated rings. The standard InChI is InChI=1S/C12H13FN4O/c1-14-11-8(4-3-5-9(11)13)12(18)15-10-6-7-17(2)16-10/h3-7,14H,1-2H3,(H,15,16,18). The molecule has 0 unspecified atom stereocenters. The highest BCUT2D eigenvalue weighted by atomic mass is 19.1. The van der Waals surface area contributed by atoms with Gasteiger partial charge >= 0.3 is 0 Å². The van der Waals surface area contributed by atoms with Crippen molar-refractivity contribution in [3.05, 3.63) is 41.8 Å². The van der Waals surface area contributed by atoms with Crippen LogP contribution in [-0.4, -0.2) is 22.7 Å². The topological polar surface area (TPSA) is 59.0 Å². The first-order valence-electron chi connectivity index (χ1n) is 5.39. The van der Waals surface area contributed by atoms with Crippen molar-refractivity contribution in [1.82, 2.24) is 9.78 Å². The lowest BCUT2D eigenvalue weighted by molar-refractivity contribution is 0.102. The molecule has 0 aliphatic carbocycles. The van der Waals surface area contributed by atoms with Gasteiger partial charge in [-0.2, -0.15) is 5.10 Å². The minimum atomic E-state index is -0.467. The Morgan fingerprint density at radius 2 is 2.17 bits per heavy atom. The summed E-state index contributed by atoms with van der Waals surface area (Å²) in [5.41, 5.74) is 0.411. The number of rotatable bonds is 3. The van der Waals surface area contributed by atoms with Crippen LogP contribution in [-0.2, 0) is 7.05 Å². The number of aromatic nitrogens is 2. The third kappa shape index (κ3) is 2.32. The van der Waals surface area contributed by atoms with E-state index in [4.69, 9.17) is 0 Å². The molecule has 5 nitrogen and oxygen atoms in total. The maximum Gasteiger partial charge on any atom is 0.259 e. The van der Waals surface area contributed by atoms with E-state index in [-0.39, 0.29) is 11.3 Å². The normalized spacial score (nSPS) is 10.2. The zero-order valence-electron chi connectivity index (χ0n) is 10.1. The van der Waals surface area contributed by atoms with Gasteiger partial charge in [0.2, 0.25) is 0 Å². The quantitative estimate of drug-likeness (QED) is 0.871. The SMILES string of the molecule is CNc1c(F)cccc1C(=O)Nc1ccn(C)n1. The summed E-state index contributed by atoms with van der Waals surface area (Å²) < 4.78 is 15.1. The fraction of sp³-hybridized carbons (Fsp3) is 0.167. The lowest BCUT2D eigenvalue weighted by atomic mass is 10.1. The number of para-hydroxylation sites is 1. The first-order chi connectivity index (χ1) is 8.61. The summed E-state index contributed by atoms with van der Waals surface area (Å²) in [6, 6.07) is 6.00. The van der Waals surface area contributed by atoms with Gasteiger partial charge in [0.25, 0.3) is 5.91 Å². The predicted molar refractivity (Wildman–Crippen MR) is 67.1 cm³/mol. The van der Waals surface area contributed by atoms with Gasteiger partial charge in [-0.15, -0.1) is 0 Å². The number of anilines is 2. The van der Waals surface area contributed by atoms with Crippen LogP contribution in [0.4, 0.5) is 15.9 Å². The van der Waals surface area contributed by atoms with Gasteiger partial charge < -0.3 is 10.6 Å². The molecule has 2 rings (SSSR count). The van der Waals surface area contributed by atoms with Crippen molar-refractivity contribution in [3.8, 4) is 0 Å². The van der Waals surface area contributed by atoms with E-state index in [0.717, 1.165) is 0 Å². The van der Waals surface area contributed by atoms with Gasteiger partial charge in [0, 0.05) is 26.4 Å². The van der Waals surface area contributed by atoms with Crippen molar-refractivity contribution < 1.29 is 9.18 Å². The summed E-state index contributed by atoms with van der Waals surface area (Å²) >= 11 is 0. The molecule has 2 aromatic rings. The van der Waals surface area contributed by atoms with E-state index in [2.05, 4.69) is 15.7 Å². The summed E-state index contributed by atoms with van der Waals surface area (Å²) in [4.78, 5) is 12.0. The highest BCUT2D eigenvalue weighted by molar-refractivity contribution is 6.07. The van der Waals surface area contributed by atoms with Crippen LogP contribution in [0, 0.1) is 5.82 Å². The third-order valence-corrected chi connectivity index (χ3v) is 2.46. The molecule has 0 saturated carbocycles. The minimum Gasteiger partial charge on any atom is -0.385 e. The average molecular weight is 248 g/mol. The predicted octanol–water partition coefficient (Wildman–Crippen LogP) is 1.85. The van der Waals surface area contributed by atoms with Gasteiger partial charge in [-0.1, -0.05) is 6.07 Å². The van der Waals surface area contributed by atoms with Gasteiger partial charge in [0.05, 0.1) is 11.3 Å². The summed E-state index contributed by atoms with van der Waals surface area (Å²) in [5.74, 6) is -0.447. The number of hydrogen-bond donors (Lipinski definition) is 2. The summed E-state index contributed by atoms with van der Waals surface area (Å²) in [5, 5.41) is 9.30. The first kappa shape index (κ1) is 12.1. The van der Waals surface area contributed by atoms with Gasteiger partial charge in [-0.25, -0.2) is 4.39 Å². The second-order valence-electron chi connectivity index (χ2n) is 3.74. The molecule has 0 atom stereocenters. The largest absolute Gasteiger partial charge is 0.385 e. The van der Waals surface area contributed by atoms with Crippen LogP contribution in [0.1, 0.15) is 10.4 Å². The van der Waals surface area contributed by atoms with Crippen molar-refractivity contribution >= 4 is 17.4 Å². The number of amides is 1. The minimum absolute atomic E-state index is 0.172. The Balaban J connectivity index is 2.26. The Kier molecular flexibility index (Phi) is 3.27. The highest BCUT2D eigenvalue weighted by Gasteiger charge is 2.14. The second-order valence-corrected chi connectivity index (χ2v) is 3.74. The number of benzene rings is 1. The highest BCUT2D eigenvalue weighted by Crippen LogP contribution is 2.20. The van der Waals surface area contributed by atoms with Crippen LogP contribution in [0.25, 0.3) is 0 Å². The molecule has 0 radical (unpaired) electrons. The number of aryl methyl sites for hydroxylation is 1. The summed E-state index contributed by atoms with van der Waals surface area (Å²) in [6.45, 7) is 0. The van der Waals surface area contributed by atoms with Crippen molar-refractivity contribution in [1.29, 1.82) is 0 Å². The number of hydrogen-bond acceptors (Lipinski definition) is 3. The van der Waals surface area contributed by atoms with Gasteiger partial charge in [0.15, 0.2) is 5.82 Å². The number of halogens is 1.